The second kappa shape index (κ2) is 10.5. The number of hydrogen-bond donors (Lipinski definition) is 2. The standard InChI is InChI=1S/C20H32N4O3S.K/c1-14(2)24(12-11-23(3)4)28(26,27)22-20(25)21-19-17-9-5-7-15(17)13-16-8-6-10-18(16)19;/h13-14H,5-12H2,1-4H3,(H2,21,22,25);. The molecule has 2 aliphatic rings. The van der Waals surface area contributed by atoms with Crippen molar-refractivity contribution in [3.63, 3.8) is 0 Å². The Morgan fingerprint density at radius 2 is 1.59 bits per heavy atom. The number of hydrogen-bond acceptors (Lipinski definition) is 4. The van der Waals surface area contributed by atoms with Crippen LogP contribution in [0.5, 0.6) is 0 Å². The first-order chi connectivity index (χ1) is 13.2. The molecular formula is C20H32KN4O3S. The molecule has 0 aromatic heterocycles. The monoisotopic (exact) mass is 447 g/mol. The first-order valence-corrected chi connectivity index (χ1v) is 11.5. The average Bonchev–Trinajstić information content (AvgIpc) is 3.21. The Kier molecular flexibility index (Phi) is 9.18. The van der Waals surface area contributed by atoms with Gasteiger partial charge in [0.25, 0.3) is 0 Å². The second-order valence-corrected chi connectivity index (χ2v) is 9.93. The van der Waals surface area contributed by atoms with E-state index in [9.17, 15) is 13.2 Å². The van der Waals surface area contributed by atoms with Crippen LogP contribution in [-0.2, 0) is 35.9 Å². The van der Waals surface area contributed by atoms with Gasteiger partial charge in [0.2, 0.25) is 0 Å². The van der Waals surface area contributed by atoms with Crippen molar-refractivity contribution in [3.05, 3.63) is 28.3 Å². The van der Waals surface area contributed by atoms with Crippen LogP contribution in [0.4, 0.5) is 10.5 Å². The second-order valence-electron chi connectivity index (χ2n) is 8.30. The van der Waals surface area contributed by atoms with Gasteiger partial charge in [0.15, 0.2) is 0 Å². The van der Waals surface area contributed by atoms with Crippen molar-refractivity contribution >= 4 is 73.3 Å². The Labute approximate surface area is 217 Å². The molecule has 157 valence electrons. The molecule has 7 nitrogen and oxygen atoms in total. The van der Waals surface area contributed by atoms with Crippen molar-refractivity contribution in [1.29, 1.82) is 0 Å². The molecule has 0 heterocycles. The van der Waals surface area contributed by atoms with Gasteiger partial charge >= 0.3 is 16.2 Å². The minimum atomic E-state index is -3.92. The average molecular weight is 448 g/mol. The van der Waals surface area contributed by atoms with Crippen molar-refractivity contribution in [2.24, 2.45) is 0 Å². The Bertz CT molecular complexity index is 824. The number of aryl methyl sites for hydroxylation is 2. The van der Waals surface area contributed by atoms with Gasteiger partial charge in [-0.3, -0.25) is 0 Å². The third-order valence-corrected chi connectivity index (χ3v) is 7.25. The van der Waals surface area contributed by atoms with Crippen LogP contribution in [0.15, 0.2) is 6.07 Å². The van der Waals surface area contributed by atoms with Crippen molar-refractivity contribution in [1.82, 2.24) is 13.9 Å². The van der Waals surface area contributed by atoms with Gasteiger partial charge < -0.3 is 10.2 Å². The topological polar surface area (TPSA) is 81.8 Å². The van der Waals surface area contributed by atoms with E-state index >= 15 is 0 Å². The van der Waals surface area contributed by atoms with Crippen LogP contribution in [0.2, 0.25) is 0 Å². The van der Waals surface area contributed by atoms with E-state index < -0.39 is 16.2 Å². The van der Waals surface area contributed by atoms with Gasteiger partial charge in [-0.2, -0.15) is 12.7 Å². The number of likely N-dealkylation sites (N-methyl/N-ethyl adjacent to an activating group) is 1. The van der Waals surface area contributed by atoms with Crippen molar-refractivity contribution in [2.75, 3.05) is 32.5 Å². The van der Waals surface area contributed by atoms with E-state index in [1.807, 2.05) is 32.8 Å². The minimum absolute atomic E-state index is 0. The van der Waals surface area contributed by atoms with E-state index in [4.69, 9.17) is 0 Å². The summed E-state index contributed by atoms with van der Waals surface area (Å²) in [5.41, 5.74) is 5.81. The molecule has 2 amide bonds. The Morgan fingerprint density at radius 3 is 2.07 bits per heavy atom. The van der Waals surface area contributed by atoms with Crippen LogP contribution in [0.1, 0.15) is 48.9 Å². The molecule has 3 rings (SSSR count). The molecule has 9 heteroatoms. The summed E-state index contributed by atoms with van der Waals surface area (Å²) in [7, 11) is -0.139. The van der Waals surface area contributed by atoms with E-state index in [2.05, 4.69) is 16.1 Å². The van der Waals surface area contributed by atoms with Crippen LogP contribution in [0, 0.1) is 0 Å². The number of amides is 2. The Balaban J connectivity index is 0.00000300. The summed E-state index contributed by atoms with van der Waals surface area (Å²) in [6, 6.07) is 1.37. The van der Waals surface area contributed by atoms with Crippen LogP contribution in [0.25, 0.3) is 0 Å². The number of carbonyl (C=O) groups is 1. The van der Waals surface area contributed by atoms with Gasteiger partial charge in [-0.1, -0.05) is 6.07 Å². The number of anilines is 1. The number of carbonyl (C=O) groups excluding carboxylic acids is 1. The zero-order chi connectivity index (χ0) is 20.5. The summed E-state index contributed by atoms with van der Waals surface area (Å²) in [4.78, 5) is 14.6. The summed E-state index contributed by atoms with van der Waals surface area (Å²) in [6.07, 6.45) is 6.10. The third kappa shape index (κ3) is 6.03. The molecule has 1 radical (unpaired) electrons. The molecule has 0 saturated heterocycles. The molecule has 29 heavy (non-hydrogen) atoms. The van der Waals surface area contributed by atoms with Crippen LogP contribution < -0.4 is 10.0 Å². The largest absolute Gasteiger partial charge is 0.333 e. The summed E-state index contributed by atoms with van der Waals surface area (Å²) >= 11 is 0. The van der Waals surface area contributed by atoms with Crippen LogP contribution in [-0.4, -0.2) is 108 Å². The van der Waals surface area contributed by atoms with E-state index in [-0.39, 0.29) is 57.4 Å². The fourth-order valence-corrected chi connectivity index (χ4v) is 5.52. The van der Waals surface area contributed by atoms with Gasteiger partial charge in [0.05, 0.1) is 0 Å². The predicted molar refractivity (Wildman–Crippen MR) is 118 cm³/mol. The number of nitrogens with zero attached hydrogens (tertiary/aromatic N) is 2. The molecular weight excluding hydrogens is 415 g/mol. The molecule has 0 unspecified atom stereocenters. The molecule has 0 saturated carbocycles. The fraction of sp³-hybridized carbons (Fsp3) is 0.650. The normalized spacial score (nSPS) is 15.4. The van der Waals surface area contributed by atoms with E-state index in [0.29, 0.717) is 13.1 Å². The summed E-state index contributed by atoms with van der Waals surface area (Å²) < 4.78 is 29.1. The Morgan fingerprint density at radius 1 is 1.03 bits per heavy atom. The molecule has 0 aliphatic heterocycles. The van der Waals surface area contributed by atoms with Crippen molar-refractivity contribution in [3.8, 4) is 0 Å². The molecule has 2 aliphatic carbocycles. The summed E-state index contributed by atoms with van der Waals surface area (Å²) in [5, 5.41) is 2.89. The first kappa shape index (κ1) is 25.3. The van der Waals surface area contributed by atoms with Gasteiger partial charge in [-0.15, -0.1) is 0 Å². The third-order valence-electron chi connectivity index (χ3n) is 5.59. The van der Waals surface area contributed by atoms with E-state index in [0.717, 1.165) is 44.2 Å². The molecule has 1 aromatic carbocycles. The van der Waals surface area contributed by atoms with E-state index in [1.54, 1.807) is 0 Å². The van der Waals surface area contributed by atoms with Gasteiger partial charge in [-0.05, 0) is 88.7 Å². The van der Waals surface area contributed by atoms with Crippen molar-refractivity contribution in [2.45, 2.75) is 58.4 Å². The minimum Gasteiger partial charge on any atom is -0.308 e. The number of nitrogens with one attached hydrogen (secondary N) is 2. The number of fused-ring (bicyclic) bond motifs is 2. The molecule has 0 spiro atoms. The van der Waals surface area contributed by atoms with Crippen molar-refractivity contribution < 1.29 is 13.2 Å². The van der Waals surface area contributed by atoms with Crippen LogP contribution in [0.3, 0.4) is 0 Å². The maximum atomic E-state index is 12.8. The summed E-state index contributed by atoms with van der Waals surface area (Å²) in [5.74, 6) is 0. The quantitative estimate of drug-likeness (QED) is 0.626. The molecule has 0 atom stereocenters. The molecule has 0 bridgehead atoms. The smallest absolute Gasteiger partial charge is 0.308 e. The number of benzene rings is 1. The zero-order valence-electron chi connectivity index (χ0n) is 18.3. The maximum Gasteiger partial charge on any atom is 0.333 e. The SMILES string of the molecule is CC(C)N(CCN(C)C)S(=O)(=O)NC(=O)Nc1c2c(cc3c1CCC3)CCC2.[K]. The molecule has 2 N–H and O–H groups in total. The molecule has 0 fully saturated rings. The summed E-state index contributed by atoms with van der Waals surface area (Å²) in [6.45, 7) is 4.53. The van der Waals surface area contributed by atoms with Gasteiger partial charge in [-0.25, -0.2) is 9.52 Å². The number of urea groups is 1. The first-order valence-electron chi connectivity index (χ1n) is 10.1. The maximum absolute atomic E-state index is 12.8. The van der Waals surface area contributed by atoms with Gasteiger partial charge in [0, 0.05) is 76.2 Å². The number of rotatable bonds is 7. The van der Waals surface area contributed by atoms with Gasteiger partial charge in [0.1, 0.15) is 0 Å². The Hall–Kier alpha value is -0.00364. The molecule has 1 aromatic rings. The zero-order valence-corrected chi connectivity index (χ0v) is 22.3. The predicted octanol–water partition coefficient (Wildman–Crippen LogP) is 1.92. The fourth-order valence-electron chi connectivity index (χ4n) is 4.24. The van der Waals surface area contributed by atoms with E-state index in [1.165, 1.54) is 26.6 Å². The van der Waals surface area contributed by atoms with Crippen LogP contribution >= 0.6 is 0 Å².